The number of aryl methyl sites for hydroxylation is 2. The van der Waals surface area contributed by atoms with Crippen LogP contribution in [0.25, 0.3) is 0 Å². The summed E-state index contributed by atoms with van der Waals surface area (Å²) in [4.78, 5) is 0. The lowest BCUT2D eigenvalue weighted by atomic mass is 9.99. The smallest absolute Gasteiger partial charge is 0.121 e. The molecule has 0 bridgehead atoms. The van der Waals surface area contributed by atoms with E-state index in [9.17, 15) is 5.11 Å². The molecule has 1 rings (SSSR count). The Bertz CT molecular complexity index is 305. The fourth-order valence-corrected chi connectivity index (χ4v) is 1.55. The lowest BCUT2D eigenvalue weighted by molar-refractivity contribution is 0.466. The molecule has 0 aromatic heterocycles. The first-order chi connectivity index (χ1) is 6.56. The van der Waals surface area contributed by atoms with Gasteiger partial charge in [-0.25, -0.2) is 0 Å². The maximum absolute atomic E-state index is 9.58. The van der Waals surface area contributed by atoms with Crippen LogP contribution in [-0.2, 0) is 0 Å². The minimum atomic E-state index is -0.0296. The predicted octanol–water partition coefficient (Wildman–Crippen LogP) is 1.78. The molecule has 1 atom stereocenters. The van der Waals surface area contributed by atoms with E-state index in [1.165, 1.54) is 0 Å². The van der Waals surface area contributed by atoms with Crippen molar-refractivity contribution in [1.29, 1.82) is 0 Å². The molecule has 86 valence electrons. The van der Waals surface area contributed by atoms with Gasteiger partial charge in [0.25, 0.3) is 0 Å². The molecule has 0 fully saturated rings. The summed E-state index contributed by atoms with van der Waals surface area (Å²) in [6, 6.07) is 3.81. The summed E-state index contributed by atoms with van der Waals surface area (Å²) >= 11 is 0. The monoisotopic (exact) mass is 230 g/mol. The van der Waals surface area contributed by atoms with Crippen molar-refractivity contribution < 1.29 is 5.11 Å². The maximum atomic E-state index is 9.58. The van der Waals surface area contributed by atoms with Gasteiger partial charge in [0.1, 0.15) is 5.75 Å². The Labute approximate surface area is 96.9 Å². The predicted molar refractivity (Wildman–Crippen MR) is 65.4 cm³/mol. The average Bonchev–Trinajstić information content (AvgIpc) is 2.13. The molecule has 1 aromatic carbocycles. The summed E-state index contributed by atoms with van der Waals surface area (Å²) in [5, 5.41) is 9.58. The summed E-state index contributed by atoms with van der Waals surface area (Å²) in [6.07, 6.45) is 0.768. The van der Waals surface area contributed by atoms with Gasteiger partial charge in [-0.05, 0) is 43.5 Å². The zero-order chi connectivity index (χ0) is 10.7. The number of halogens is 1. The van der Waals surface area contributed by atoms with Crippen LogP contribution in [0, 0.1) is 13.8 Å². The second kappa shape index (κ2) is 5.95. The number of phenols is 1. The van der Waals surface area contributed by atoms with Crippen LogP contribution >= 0.6 is 12.4 Å². The number of hydrogen-bond donors (Lipinski definition) is 3. The molecule has 4 heteroatoms. The second-order valence-electron chi connectivity index (χ2n) is 3.69. The van der Waals surface area contributed by atoms with E-state index in [0.29, 0.717) is 12.3 Å². The van der Waals surface area contributed by atoms with Gasteiger partial charge in [0, 0.05) is 6.04 Å². The third-order valence-electron chi connectivity index (χ3n) is 2.42. The molecule has 0 amide bonds. The number of rotatable bonds is 3. The molecule has 0 aliphatic heterocycles. The quantitative estimate of drug-likeness (QED) is 0.741. The number of hydrogen-bond acceptors (Lipinski definition) is 3. The number of nitrogens with two attached hydrogens (primary N) is 2. The van der Waals surface area contributed by atoms with Crippen molar-refractivity contribution in [2.75, 3.05) is 6.54 Å². The van der Waals surface area contributed by atoms with Gasteiger partial charge in [-0.15, -0.1) is 12.4 Å². The average molecular weight is 231 g/mol. The first kappa shape index (κ1) is 14.2. The van der Waals surface area contributed by atoms with Crippen LogP contribution in [0.15, 0.2) is 12.1 Å². The van der Waals surface area contributed by atoms with Gasteiger partial charge < -0.3 is 16.6 Å². The molecule has 1 aromatic rings. The maximum Gasteiger partial charge on any atom is 0.121 e. The fourth-order valence-electron chi connectivity index (χ4n) is 1.55. The van der Waals surface area contributed by atoms with Gasteiger partial charge in [0.15, 0.2) is 0 Å². The molecule has 0 radical (unpaired) electrons. The van der Waals surface area contributed by atoms with Gasteiger partial charge in [0.2, 0.25) is 0 Å². The summed E-state index contributed by atoms with van der Waals surface area (Å²) in [5.41, 5.74) is 14.2. The third-order valence-corrected chi connectivity index (χ3v) is 2.42. The van der Waals surface area contributed by atoms with E-state index < -0.39 is 0 Å². The summed E-state index contributed by atoms with van der Waals surface area (Å²) in [6.45, 7) is 4.34. The minimum absolute atomic E-state index is 0. The molecule has 0 spiro atoms. The Morgan fingerprint density at radius 3 is 2.13 bits per heavy atom. The van der Waals surface area contributed by atoms with Crippen molar-refractivity contribution in [3.63, 3.8) is 0 Å². The number of benzene rings is 1. The van der Waals surface area contributed by atoms with Crippen molar-refractivity contribution in [2.45, 2.75) is 26.3 Å². The Hall–Kier alpha value is -0.770. The molecule has 5 N–H and O–H groups in total. The van der Waals surface area contributed by atoms with Gasteiger partial charge in [-0.1, -0.05) is 12.1 Å². The van der Waals surface area contributed by atoms with Crippen LogP contribution in [-0.4, -0.2) is 11.7 Å². The zero-order valence-corrected chi connectivity index (χ0v) is 9.97. The Morgan fingerprint density at radius 1 is 1.27 bits per heavy atom. The highest BCUT2D eigenvalue weighted by Crippen LogP contribution is 2.26. The Balaban J connectivity index is 0.00000196. The van der Waals surface area contributed by atoms with Crippen LogP contribution in [0.3, 0.4) is 0 Å². The van der Waals surface area contributed by atoms with Crippen molar-refractivity contribution in [3.8, 4) is 5.75 Å². The second-order valence-corrected chi connectivity index (χ2v) is 3.69. The first-order valence-electron chi connectivity index (χ1n) is 4.82. The molecular formula is C11H19ClN2O. The van der Waals surface area contributed by atoms with Gasteiger partial charge in [-0.3, -0.25) is 0 Å². The lowest BCUT2D eigenvalue weighted by Gasteiger charge is -2.13. The molecule has 0 aliphatic rings. The summed E-state index contributed by atoms with van der Waals surface area (Å²) in [5.74, 6) is 0.355. The molecule has 15 heavy (non-hydrogen) atoms. The standard InChI is InChI=1S/C11H18N2O.ClH/c1-7-5-9(10(13)3-4-12)6-8(2)11(7)14;/h5-6,10,14H,3-4,12-13H2,1-2H3;1H/t10-;/m0./s1. The molecule has 0 unspecified atom stereocenters. The van der Waals surface area contributed by atoms with E-state index in [1.54, 1.807) is 0 Å². The minimum Gasteiger partial charge on any atom is -0.507 e. The Kier molecular flexibility index (Phi) is 5.65. The lowest BCUT2D eigenvalue weighted by Crippen LogP contribution is -2.15. The molecule has 3 nitrogen and oxygen atoms in total. The SMILES string of the molecule is Cc1cc([C@@H](N)CCN)cc(C)c1O.Cl. The first-order valence-corrected chi connectivity index (χ1v) is 4.82. The van der Waals surface area contributed by atoms with Crippen molar-refractivity contribution in [1.82, 2.24) is 0 Å². The van der Waals surface area contributed by atoms with E-state index >= 15 is 0 Å². The summed E-state index contributed by atoms with van der Waals surface area (Å²) < 4.78 is 0. The van der Waals surface area contributed by atoms with E-state index in [1.807, 2.05) is 26.0 Å². The molecule has 0 aliphatic carbocycles. The highest BCUT2D eigenvalue weighted by molar-refractivity contribution is 5.85. The fraction of sp³-hybridized carbons (Fsp3) is 0.455. The topological polar surface area (TPSA) is 72.3 Å². The van der Waals surface area contributed by atoms with E-state index in [0.717, 1.165) is 23.1 Å². The van der Waals surface area contributed by atoms with Crippen molar-refractivity contribution in [3.05, 3.63) is 28.8 Å². The number of aromatic hydroxyl groups is 1. The molecule has 0 saturated carbocycles. The Morgan fingerprint density at radius 2 is 1.73 bits per heavy atom. The van der Waals surface area contributed by atoms with Crippen LogP contribution in [0.2, 0.25) is 0 Å². The zero-order valence-electron chi connectivity index (χ0n) is 9.16. The largest absolute Gasteiger partial charge is 0.507 e. The number of phenolic OH excluding ortho intramolecular Hbond substituents is 1. The van der Waals surface area contributed by atoms with Crippen LogP contribution < -0.4 is 11.5 Å². The summed E-state index contributed by atoms with van der Waals surface area (Å²) in [7, 11) is 0. The molecule has 0 heterocycles. The molecular weight excluding hydrogens is 212 g/mol. The highest BCUT2D eigenvalue weighted by atomic mass is 35.5. The van der Waals surface area contributed by atoms with Crippen molar-refractivity contribution in [2.24, 2.45) is 11.5 Å². The van der Waals surface area contributed by atoms with Crippen LogP contribution in [0.1, 0.15) is 29.2 Å². The van der Waals surface area contributed by atoms with E-state index in [4.69, 9.17) is 11.5 Å². The highest BCUT2D eigenvalue weighted by Gasteiger charge is 2.08. The van der Waals surface area contributed by atoms with E-state index in [2.05, 4.69) is 0 Å². The van der Waals surface area contributed by atoms with E-state index in [-0.39, 0.29) is 18.4 Å². The van der Waals surface area contributed by atoms with Crippen LogP contribution in [0.5, 0.6) is 5.75 Å². The van der Waals surface area contributed by atoms with Gasteiger partial charge >= 0.3 is 0 Å². The normalized spacial score (nSPS) is 12.0. The van der Waals surface area contributed by atoms with Gasteiger partial charge in [-0.2, -0.15) is 0 Å². The van der Waals surface area contributed by atoms with Crippen LogP contribution in [0.4, 0.5) is 0 Å². The molecule has 0 saturated heterocycles. The third kappa shape index (κ3) is 3.38. The van der Waals surface area contributed by atoms with Gasteiger partial charge in [0.05, 0.1) is 0 Å². The van der Waals surface area contributed by atoms with Crippen molar-refractivity contribution >= 4 is 12.4 Å².